The summed E-state index contributed by atoms with van der Waals surface area (Å²) in [6.45, 7) is 0. The largest absolute Gasteiger partial charge is 0.478 e. The van der Waals surface area contributed by atoms with Gasteiger partial charge in [0.15, 0.2) is 0 Å². The molecule has 1 saturated carbocycles. The van der Waals surface area contributed by atoms with Crippen LogP contribution in [0.5, 0.6) is 0 Å². The van der Waals surface area contributed by atoms with E-state index in [9.17, 15) is 4.79 Å². The predicted octanol–water partition coefficient (Wildman–Crippen LogP) is 2.23. The maximum atomic E-state index is 10.8. The third-order valence-corrected chi connectivity index (χ3v) is 2.88. The van der Waals surface area contributed by atoms with Gasteiger partial charge in [-0.25, -0.2) is 4.79 Å². The summed E-state index contributed by atoms with van der Waals surface area (Å²) in [5.74, 6) is -0.391. The Labute approximate surface area is 82.5 Å². The number of hydrogen-bond acceptors (Lipinski definition) is 2. The van der Waals surface area contributed by atoms with Crippen molar-refractivity contribution >= 4 is 11.7 Å². The number of rotatable bonds is 2. The Morgan fingerprint density at radius 3 is 2.64 bits per heavy atom. The summed E-state index contributed by atoms with van der Waals surface area (Å²) in [5, 5.41) is 8.88. The van der Waals surface area contributed by atoms with Gasteiger partial charge in [-0.1, -0.05) is 12.5 Å². The highest BCUT2D eigenvalue weighted by atomic mass is 16.4. The van der Waals surface area contributed by atoms with Crippen molar-refractivity contribution in [2.45, 2.75) is 25.2 Å². The molecule has 0 bridgehead atoms. The molecule has 1 fully saturated rings. The minimum Gasteiger partial charge on any atom is -0.478 e. The molecule has 14 heavy (non-hydrogen) atoms. The van der Waals surface area contributed by atoms with Gasteiger partial charge in [0.2, 0.25) is 0 Å². The average molecular weight is 191 g/mol. The Bertz CT molecular complexity index is 370. The van der Waals surface area contributed by atoms with Gasteiger partial charge in [0, 0.05) is 5.69 Å². The van der Waals surface area contributed by atoms with Gasteiger partial charge in [-0.05, 0) is 36.5 Å². The molecular formula is C11H13NO2. The van der Waals surface area contributed by atoms with Gasteiger partial charge in [-0.3, -0.25) is 0 Å². The zero-order valence-electron chi connectivity index (χ0n) is 7.86. The molecule has 0 spiro atoms. The van der Waals surface area contributed by atoms with Gasteiger partial charge in [0.25, 0.3) is 0 Å². The number of nitrogens with two attached hydrogens (primary N) is 1. The quantitative estimate of drug-likeness (QED) is 0.704. The SMILES string of the molecule is Nc1ccc(C2CCC2)cc1C(=O)O. The first-order valence-electron chi connectivity index (χ1n) is 4.81. The summed E-state index contributed by atoms with van der Waals surface area (Å²) in [6.07, 6.45) is 3.59. The number of hydrogen-bond donors (Lipinski definition) is 2. The fraction of sp³-hybridized carbons (Fsp3) is 0.364. The summed E-state index contributed by atoms with van der Waals surface area (Å²) in [7, 11) is 0. The van der Waals surface area contributed by atoms with Crippen LogP contribution in [0.25, 0.3) is 0 Å². The average Bonchev–Trinajstić information content (AvgIpc) is 2.04. The van der Waals surface area contributed by atoms with E-state index in [1.54, 1.807) is 12.1 Å². The smallest absolute Gasteiger partial charge is 0.337 e. The molecular weight excluding hydrogens is 178 g/mol. The minimum atomic E-state index is -0.941. The van der Waals surface area contributed by atoms with E-state index in [1.807, 2.05) is 6.07 Å². The number of anilines is 1. The number of aromatic carboxylic acids is 1. The summed E-state index contributed by atoms with van der Waals surface area (Å²) < 4.78 is 0. The molecule has 1 aromatic carbocycles. The maximum Gasteiger partial charge on any atom is 0.337 e. The van der Waals surface area contributed by atoms with Crippen molar-refractivity contribution in [1.82, 2.24) is 0 Å². The predicted molar refractivity (Wildman–Crippen MR) is 54.4 cm³/mol. The van der Waals surface area contributed by atoms with Gasteiger partial charge in [0.1, 0.15) is 0 Å². The molecule has 3 heteroatoms. The van der Waals surface area contributed by atoms with E-state index in [0.717, 1.165) is 5.56 Å². The molecule has 0 unspecified atom stereocenters. The van der Waals surface area contributed by atoms with Crippen molar-refractivity contribution < 1.29 is 9.90 Å². The molecule has 0 radical (unpaired) electrons. The maximum absolute atomic E-state index is 10.8. The molecule has 1 aromatic rings. The van der Waals surface area contributed by atoms with Gasteiger partial charge < -0.3 is 10.8 Å². The molecule has 74 valence electrons. The van der Waals surface area contributed by atoms with Crippen LogP contribution in [-0.2, 0) is 0 Å². The Morgan fingerprint density at radius 2 is 2.14 bits per heavy atom. The van der Waals surface area contributed by atoms with Crippen LogP contribution in [0.4, 0.5) is 5.69 Å². The molecule has 1 aliphatic carbocycles. The number of carboxylic acids is 1. The summed E-state index contributed by atoms with van der Waals surface area (Å²) in [4.78, 5) is 10.8. The molecule has 0 amide bonds. The number of carboxylic acid groups (broad SMARTS) is 1. The van der Waals surface area contributed by atoms with E-state index < -0.39 is 5.97 Å². The van der Waals surface area contributed by atoms with Gasteiger partial charge in [0.05, 0.1) is 5.56 Å². The van der Waals surface area contributed by atoms with Crippen LogP contribution in [0.3, 0.4) is 0 Å². The summed E-state index contributed by atoms with van der Waals surface area (Å²) in [5.41, 5.74) is 7.26. The lowest BCUT2D eigenvalue weighted by Gasteiger charge is -2.26. The van der Waals surface area contributed by atoms with E-state index in [2.05, 4.69) is 0 Å². The first-order chi connectivity index (χ1) is 6.68. The topological polar surface area (TPSA) is 63.3 Å². The molecule has 3 nitrogen and oxygen atoms in total. The Kier molecular flexibility index (Phi) is 2.15. The molecule has 3 N–H and O–H groups in total. The van der Waals surface area contributed by atoms with Crippen LogP contribution < -0.4 is 5.73 Å². The van der Waals surface area contributed by atoms with Gasteiger partial charge in [-0.2, -0.15) is 0 Å². The molecule has 0 heterocycles. The second-order valence-electron chi connectivity index (χ2n) is 3.78. The second-order valence-corrected chi connectivity index (χ2v) is 3.78. The van der Waals surface area contributed by atoms with Crippen molar-refractivity contribution in [2.75, 3.05) is 5.73 Å². The van der Waals surface area contributed by atoms with Crippen molar-refractivity contribution in [3.8, 4) is 0 Å². The highest BCUT2D eigenvalue weighted by molar-refractivity contribution is 5.93. The Balaban J connectivity index is 2.34. The van der Waals surface area contributed by atoms with E-state index in [0.29, 0.717) is 11.6 Å². The third kappa shape index (κ3) is 1.45. The van der Waals surface area contributed by atoms with E-state index in [1.165, 1.54) is 19.3 Å². The second kappa shape index (κ2) is 3.33. The van der Waals surface area contributed by atoms with Crippen LogP contribution in [0.2, 0.25) is 0 Å². The highest BCUT2D eigenvalue weighted by Gasteiger charge is 2.21. The van der Waals surface area contributed by atoms with Crippen molar-refractivity contribution in [1.29, 1.82) is 0 Å². The van der Waals surface area contributed by atoms with E-state index in [-0.39, 0.29) is 5.56 Å². The van der Waals surface area contributed by atoms with Crippen LogP contribution in [-0.4, -0.2) is 11.1 Å². The Morgan fingerprint density at radius 1 is 1.43 bits per heavy atom. The normalized spacial score (nSPS) is 16.3. The number of benzene rings is 1. The lowest BCUT2D eigenvalue weighted by Crippen LogP contribution is -2.11. The lowest BCUT2D eigenvalue weighted by molar-refractivity contribution is 0.0698. The minimum absolute atomic E-state index is 0.231. The molecule has 2 rings (SSSR count). The first-order valence-corrected chi connectivity index (χ1v) is 4.81. The first kappa shape index (κ1) is 9.06. The highest BCUT2D eigenvalue weighted by Crippen LogP contribution is 2.37. The zero-order chi connectivity index (χ0) is 10.1. The van der Waals surface area contributed by atoms with E-state index in [4.69, 9.17) is 10.8 Å². The molecule has 0 saturated heterocycles. The number of nitrogen functional groups attached to an aromatic ring is 1. The van der Waals surface area contributed by atoms with Gasteiger partial charge >= 0.3 is 5.97 Å². The molecule has 0 aliphatic heterocycles. The third-order valence-electron chi connectivity index (χ3n) is 2.88. The zero-order valence-corrected chi connectivity index (χ0v) is 7.86. The van der Waals surface area contributed by atoms with Crippen molar-refractivity contribution in [2.24, 2.45) is 0 Å². The van der Waals surface area contributed by atoms with Crippen LogP contribution >= 0.6 is 0 Å². The monoisotopic (exact) mass is 191 g/mol. The van der Waals surface area contributed by atoms with Crippen LogP contribution in [0, 0.1) is 0 Å². The number of carbonyl (C=O) groups is 1. The molecule has 1 aliphatic rings. The van der Waals surface area contributed by atoms with Crippen molar-refractivity contribution in [3.05, 3.63) is 29.3 Å². The lowest BCUT2D eigenvalue weighted by atomic mass is 9.79. The van der Waals surface area contributed by atoms with Crippen molar-refractivity contribution in [3.63, 3.8) is 0 Å². The van der Waals surface area contributed by atoms with Gasteiger partial charge in [-0.15, -0.1) is 0 Å². The fourth-order valence-electron chi connectivity index (χ4n) is 1.75. The summed E-state index contributed by atoms with van der Waals surface area (Å²) >= 11 is 0. The summed E-state index contributed by atoms with van der Waals surface area (Å²) in [6, 6.07) is 5.34. The molecule has 0 atom stereocenters. The van der Waals surface area contributed by atoms with E-state index >= 15 is 0 Å². The Hall–Kier alpha value is -1.51. The molecule has 0 aromatic heterocycles. The fourth-order valence-corrected chi connectivity index (χ4v) is 1.75. The van der Waals surface area contributed by atoms with Crippen LogP contribution in [0.1, 0.15) is 41.1 Å². The standard InChI is InChI=1S/C11H13NO2/c12-10-5-4-8(7-2-1-3-7)6-9(10)11(13)14/h4-7H,1-3,12H2,(H,13,14). The van der Waals surface area contributed by atoms with Crippen LogP contribution in [0.15, 0.2) is 18.2 Å².